The zero-order valence-corrected chi connectivity index (χ0v) is 27.4. The second-order valence-corrected chi connectivity index (χ2v) is 11.8. The number of hydrogen-bond donors (Lipinski definition) is 2. The molecule has 0 spiro atoms. The molecule has 0 saturated heterocycles. The van der Waals surface area contributed by atoms with Gasteiger partial charge in [0.25, 0.3) is 5.56 Å². The molecule has 2 heterocycles. The van der Waals surface area contributed by atoms with Gasteiger partial charge in [0.15, 0.2) is 16.3 Å². The van der Waals surface area contributed by atoms with Crippen molar-refractivity contribution < 1.29 is 23.8 Å². The predicted octanol–water partition coefficient (Wildman–Crippen LogP) is 6.94. The number of imidazole rings is 1. The molecule has 0 aliphatic heterocycles. The van der Waals surface area contributed by atoms with Gasteiger partial charge in [0.1, 0.15) is 13.3 Å². The van der Waals surface area contributed by atoms with Crippen molar-refractivity contribution in [3.8, 4) is 0 Å². The number of nitrogens with zero attached hydrogens (tertiary/aromatic N) is 3. The molecule has 0 atom stereocenters. The van der Waals surface area contributed by atoms with Crippen molar-refractivity contribution in [1.29, 1.82) is 0 Å². The minimum atomic E-state index is -0.469. The van der Waals surface area contributed by atoms with Gasteiger partial charge in [-0.3, -0.25) is 29.3 Å². The Kier molecular flexibility index (Phi) is 19.7. The molecule has 12 heteroatoms. The number of rotatable bonds is 26. The van der Waals surface area contributed by atoms with E-state index in [2.05, 4.69) is 27.2 Å². The number of aromatic nitrogens is 4. The molecule has 0 unspecified atom stereocenters. The number of carbonyl (C=O) groups excluding carboxylic acids is 2. The smallest absolute Gasteiger partial charge is 0.302 e. The number of unbranched alkanes of at least 4 members (excludes halogenated alkanes) is 15. The maximum Gasteiger partial charge on any atom is 0.302 e. The third-order valence-electron chi connectivity index (χ3n) is 7.03. The van der Waals surface area contributed by atoms with Gasteiger partial charge in [-0.1, -0.05) is 115 Å². The first-order valence-corrected chi connectivity index (χ1v) is 17.1. The van der Waals surface area contributed by atoms with Gasteiger partial charge in [-0.05, 0) is 6.42 Å². The molecule has 0 saturated carbocycles. The Morgan fingerprint density at radius 2 is 1.37 bits per heavy atom. The van der Waals surface area contributed by atoms with E-state index < -0.39 is 5.56 Å². The van der Waals surface area contributed by atoms with Crippen molar-refractivity contribution in [2.75, 3.05) is 31.1 Å². The number of carbonyl (C=O) groups is 2. The van der Waals surface area contributed by atoms with Crippen LogP contribution in [0.3, 0.4) is 0 Å². The van der Waals surface area contributed by atoms with E-state index in [1.54, 1.807) is 4.57 Å². The minimum Gasteiger partial charge on any atom is -0.463 e. The number of nitrogens with one attached hydrogen (secondary N) is 2. The number of H-pyrrole nitrogens is 1. The van der Waals surface area contributed by atoms with Gasteiger partial charge >= 0.3 is 5.97 Å². The first-order chi connectivity index (χ1) is 20.9. The molecule has 0 aliphatic carbocycles. The van der Waals surface area contributed by atoms with Crippen LogP contribution in [0, 0.1) is 0 Å². The number of anilines is 1. The van der Waals surface area contributed by atoms with Gasteiger partial charge in [-0.2, -0.15) is 4.98 Å². The number of esters is 1. The summed E-state index contributed by atoms with van der Waals surface area (Å²) in [6, 6.07) is 0. The summed E-state index contributed by atoms with van der Waals surface area (Å²) in [7, 11) is 0. The minimum absolute atomic E-state index is 0.0300. The Labute approximate surface area is 260 Å². The second-order valence-electron chi connectivity index (χ2n) is 10.9. The lowest BCUT2D eigenvalue weighted by molar-refractivity contribution is -0.142. The van der Waals surface area contributed by atoms with Crippen LogP contribution in [0.4, 0.5) is 5.95 Å². The van der Waals surface area contributed by atoms with Gasteiger partial charge in [-0.15, -0.1) is 0 Å². The summed E-state index contributed by atoms with van der Waals surface area (Å²) in [5.74, 6) is -0.348. The topological polar surface area (TPSA) is 137 Å². The summed E-state index contributed by atoms with van der Waals surface area (Å²) < 4.78 is 18.0. The molecule has 43 heavy (non-hydrogen) atoms. The molecule has 0 aliphatic rings. The molecule has 0 bridgehead atoms. The first kappa shape index (κ1) is 36.8. The van der Waals surface area contributed by atoms with E-state index in [4.69, 9.17) is 14.2 Å². The van der Waals surface area contributed by atoms with Gasteiger partial charge in [0.2, 0.25) is 11.9 Å². The average Bonchev–Trinajstić information content (AvgIpc) is 3.31. The van der Waals surface area contributed by atoms with Crippen molar-refractivity contribution in [3.05, 3.63) is 10.4 Å². The first-order valence-electron chi connectivity index (χ1n) is 16.1. The number of ether oxygens (including phenoxy) is 3. The Balaban J connectivity index is 1.64. The van der Waals surface area contributed by atoms with Crippen molar-refractivity contribution in [3.63, 3.8) is 0 Å². The van der Waals surface area contributed by atoms with E-state index in [1.165, 1.54) is 116 Å². The van der Waals surface area contributed by atoms with Crippen LogP contribution < -0.4 is 10.9 Å². The molecule has 244 valence electrons. The lowest BCUT2D eigenvalue weighted by Crippen LogP contribution is -2.17. The van der Waals surface area contributed by atoms with Crippen LogP contribution in [-0.2, 0) is 30.5 Å². The summed E-state index contributed by atoms with van der Waals surface area (Å²) in [6.45, 7) is 5.91. The molecule has 11 nitrogen and oxygen atoms in total. The third-order valence-corrected chi connectivity index (χ3v) is 7.89. The fraction of sp³-hybridized carbons (Fsp3) is 0.774. The quantitative estimate of drug-likeness (QED) is 0.0494. The lowest BCUT2D eigenvalue weighted by Gasteiger charge is -2.10. The van der Waals surface area contributed by atoms with Crippen molar-refractivity contribution in [2.24, 2.45) is 0 Å². The number of fused-ring (bicyclic) bond motifs is 1. The molecule has 2 rings (SSSR count). The highest BCUT2D eigenvalue weighted by molar-refractivity contribution is 7.99. The number of amides is 1. The number of hydrogen-bond acceptors (Lipinski definition) is 9. The van der Waals surface area contributed by atoms with Crippen LogP contribution in [-0.4, -0.2) is 57.2 Å². The van der Waals surface area contributed by atoms with E-state index in [1.807, 2.05) is 0 Å². The van der Waals surface area contributed by atoms with Crippen LogP contribution in [0.2, 0.25) is 0 Å². The number of aromatic amines is 1. The lowest BCUT2D eigenvalue weighted by atomic mass is 10.0. The fourth-order valence-corrected chi connectivity index (χ4v) is 5.51. The standard InChI is InChI=1S/C31H53N5O6S/c1-4-5-6-7-8-9-10-11-12-13-14-15-16-17-18-19-20-41-24-43-31-33-27-28(34-30(32-25(2)37)35-29(27)39)36(31)23-40-21-22-42-26(3)38/h4-24H2,1-3H3,(H2,32,34,35,37,39). The fourth-order valence-electron chi connectivity index (χ4n) is 4.75. The molecule has 0 radical (unpaired) electrons. The predicted molar refractivity (Wildman–Crippen MR) is 171 cm³/mol. The maximum absolute atomic E-state index is 12.6. The van der Waals surface area contributed by atoms with E-state index in [-0.39, 0.29) is 48.9 Å². The van der Waals surface area contributed by atoms with E-state index in [0.717, 1.165) is 12.8 Å². The van der Waals surface area contributed by atoms with Gasteiger partial charge in [0.05, 0.1) is 12.5 Å². The Bertz CT molecular complexity index is 1120. The molecule has 1 amide bonds. The monoisotopic (exact) mass is 623 g/mol. The van der Waals surface area contributed by atoms with Gasteiger partial charge in [-0.25, -0.2) is 4.98 Å². The van der Waals surface area contributed by atoms with E-state index in [0.29, 0.717) is 17.7 Å². The molecule has 2 aromatic rings. The Morgan fingerprint density at radius 3 is 1.93 bits per heavy atom. The SMILES string of the molecule is CCCCCCCCCCCCCCCCCCOCSc1nc2c(=O)[nH]c(NC(C)=O)nc2n1COCCOC(C)=O. The summed E-state index contributed by atoms with van der Waals surface area (Å²) in [4.78, 5) is 46.3. The van der Waals surface area contributed by atoms with Crippen molar-refractivity contribution in [1.82, 2.24) is 19.5 Å². The molecular formula is C31H53N5O6S. The van der Waals surface area contributed by atoms with Crippen LogP contribution in [0.25, 0.3) is 11.2 Å². The largest absolute Gasteiger partial charge is 0.463 e. The summed E-state index contributed by atoms with van der Waals surface area (Å²) >= 11 is 1.34. The molecule has 2 aromatic heterocycles. The van der Waals surface area contributed by atoms with Crippen LogP contribution in [0.1, 0.15) is 124 Å². The molecule has 0 fully saturated rings. The van der Waals surface area contributed by atoms with Crippen molar-refractivity contribution >= 4 is 40.8 Å². The second kappa shape index (κ2) is 23.0. The van der Waals surface area contributed by atoms with E-state index >= 15 is 0 Å². The zero-order valence-electron chi connectivity index (χ0n) is 26.5. The Morgan fingerprint density at radius 1 is 0.791 bits per heavy atom. The highest BCUT2D eigenvalue weighted by Crippen LogP contribution is 2.22. The van der Waals surface area contributed by atoms with Crippen molar-refractivity contribution in [2.45, 2.75) is 135 Å². The normalized spacial score (nSPS) is 11.3. The number of thioether (sulfide) groups is 1. The molecular weight excluding hydrogens is 570 g/mol. The van der Waals surface area contributed by atoms with Crippen LogP contribution >= 0.6 is 11.8 Å². The van der Waals surface area contributed by atoms with Gasteiger partial charge in [0, 0.05) is 20.5 Å². The third kappa shape index (κ3) is 16.3. The molecule has 2 N–H and O–H groups in total. The maximum atomic E-state index is 12.6. The molecule has 0 aromatic carbocycles. The summed E-state index contributed by atoms with van der Waals surface area (Å²) in [6.07, 6.45) is 21.3. The highest BCUT2D eigenvalue weighted by Gasteiger charge is 2.17. The average molecular weight is 624 g/mol. The van der Waals surface area contributed by atoms with Crippen LogP contribution in [0.15, 0.2) is 9.95 Å². The van der Waals surface area contributed by atoms with Gasteiger partial charge < -0.3 is 14.2 Å². The van der Waals surface area contributed by atoms with Crippen LogP contribution in [0.5, 0.6) is 0 Å². The Hall–Kier alpha value is -2.44. The highest BCUT2D eigenvalue weighted by atomic mass is 32.2. The summed E-state index contributed by atoms with van der Waals surface area (Å²) in [5.41, 5.74) is -0.0540. The zero-order chi connectivity index (χ0) is 31.1. The summed E-state index contributed by atoms with van der Waals surface area (Å²) in [5, 5.41) is 3.00. The van der Waals surface area contributed by atoms with E-state index in [9.17, 15) is 14.4 Å².